The second-order valence-electron chi connectivity index (χ2n) is 5.13. The van der Waals surface area contributed by atoms with Crippen LogP contribution in [-0.2, 0) is 12.8 Å². The van der Waals surface area contributed by atoms with Crippen molar-refractivity contribution in [1.82, 2.24) is 9.36 Å². The number of rotatable bonds is 3. The van der Waals surface area contributed by atoms with Crippen LogP contribution in [0.5, 0.6) is 0 Å². The average molecular weight is 259 g/mol. The summed E-state index contributed by atoms with van der Waals surface area (Å²) in [4.78, 5) is 4.61. The molecule has 3 rings (SSSR count). The molecular formula is C14H17N3S. The van der Waals surface area contributed by atoms with Crippen molar-refractivity contribution in [3.8, 4) is 0 Å². The molecule has 1 aromatic heterocycles. The summed E-state index contributed by atoms with van der Waals surface area (Å²) in [6.45, 7) is 4.24. The highest BCUT2D eigenvalue weighted by molar-refractivity contribution is 7.09. The van der Waals surface area contributed by atoms with Gasteiger partial charge in [-0.2, -0.15) is 4.37 Å². The van der Waals surface area contributed by atoms with Crippen molar-refractivity contribution in [2.24, 2.45) is 0 Å². The third-order valence-corrected chi connectivity index (χ3v) is 3.93. The van der Waals surface area contributed by atoms with Crippen LogP contribution in [0.1, 0.15) is 36.7 Å². The van der Waals surface area contributed by atoms with Crippen molar-refractivity contribution in [1.29, 1.82) is 0 Å². The minimum Gasteiger partial charge on any atom is -0.358 e. The fraction of sp³-hybridized carbons (Fsp3) is 0.429. The number of fused-ring (bicyclic) bond motifs is 1. The summed E-state index contributed by atoms with van der Waals surface area (Å²) in [5.74, 6) is 1.46. The van der Waals surface area contributed by atoms with Crippen molar-refractivity contribution >= 4 is 16.7 Å². The fourth-order valence-corrected chi connectivity index (χ4v) is 3.24. The van der Waals surface area contributed by atoms with Gasteiger partial charge in [0.15, 0.2) is 0 Å². The molecule has 1 N–H and O–H groups in total. The molecule has 1 aliphatic carbocycles. The summed E-state index contributed by atoms with van der Waals surface area (Å²) in [6.07, 6.45) is 2.15. The Morgan fingerprint density at radius 1 is 1.22 bits per heavy atom. The van der Waals surface area contributed by atoms with E-state index in [1.165, 1.54) is 22.7 Å². The zero-order chi connectivity index (χ0) is 12.5. The van der Waals surface area contributed by atoms with Gasteiger partial charge in [-0.15, -0.1) is 0 Å². The molecule has 18 heavy (non-hydrogen) atoms. The first kappa shape index (κ1) is 11.7. The van der Waals surface area contributed by atoms with Crippen LogP contribution in [0.2, 0.25) is 0 Å². The van der Waals surface area contributed by atoms with E-state index in [-0.39, 0.29) is 0 Å². The molecule has 0 atom stereocenters. The SMILES string of the molecule is CC(C)Nc1nc(C2Cc3ccccc3C2)ns1. The van der Waals surface area contributed by atoms with Gasteiger partial charge >= 0.3 is 0 Å². The molecular weight excluding hydrogens is 242 g/mol. The summed E-state index contributed by atoms with van der Waals surface area (Å²) < 4.78 is 4.50. The molecule has 0 saturated heterocycles. The Labute approximate surface area is 111 Å². The summed E-state index contributed by atoms with van der Waals surface area (Å²) in [5, 5.41) is 4.26. The smallest absolute Gasteiger partial charge is 0.202 e. The van der Waals surface area contributed by atoms with Crippen LogP contribution in [0.4, 0.5) is 5.13 Å². The first-order valence-corrected chi connectivity index (χ1v) is 7.16. The van der Waals surface area contributed by atoms with Crippen LogP contribution in [0.3, 0.4) is 0 Å². The van der Waals surface area contributed by atoms with Crippen molar-refractivity contribution in [3.05, 3.63) is 41.2 Å². The van der Waals surface area contributed by atoms with Gasteiger partial charge in [-0.1, -0.05) is 24.3 Å². The van der Waals surface area contributed by atoms with Crippen LogP contribution >= 0.6 is 11.5 Å². The van der Waals surface area contributed by atoms with E-state index in [1.807, 2.05) is 0 Å². The first-order valence-electron chi connectivity index (χ1n) is 6.39. The highest BCUT2D eigenvalue weighted by atomic mass is 32.1. The molecule has 0 spiro atoms. The van der Waals surface area contributed by atoms with E-state index in [0.29, 0.717) is 12.0 Å². The zero-order valence-corrected chi connectivity index (χ0v) is 11.5. The van der Waals surface area contributed by atoms with Gasteiger partial charge in [0.05, 0.1) is 0 Å². The summed E-state index contributed by atoms with van der Waals surface area (Å²) in [7, 11) is 0. The molecule has 0 radical (unpaired) electrons. The van der Waals surface area contributed by atoms with Gasteiger partial charge in [-0.3, -0.25) is 0 Å². The van der Waals surface area contributed by atoms with Gasteiger partial charge in [0.1, 0.15) is 5.82 Å². The van der Waals surface area contributed by atoms with Crippen LogP contribution in [0.25, 0.3) is 0 Å². The minimum atomic E-state index is 0.409. The van der Waals surface area contributed by atoms with Crippen LogP contribution < -0.4 is 5.32 Å². The lowest BCUT2D eigenvalue weighted by atomic mass is 10.1. The second kappa shape index (κ2) is 4.69. The molecule has 2 aromatic rings. The predicted molar refractivity (Wildman–Crippen MR) is 75.3 cm³/mol. The molecule has 1 heterocycles. The lowest BCUT2D eigenvalue weighted by Gasteiger charge is -2.05. The number of hydrogen-bond donors (Lipinski definition) is 1. The zero-order valence-electron chi connectivity index (χ0n) is 10.7. The van der Waals surface area contributed by atoms with E-state index in [2.05, 4.69) is 52.8 Å². The molecule has 3 nitrogen and oxygen atoms in total. The Bertz CT molecular complexity index is 522. The van der Waals surface area contributed by atoms with Gasteiger partial charge < -0.3 is 5.32 Å². The van der Waals surface area contributed by atoms with Gasteiger partial charge in [0.25, 0.3) is 0 Å². The van der Waals surface area contributed by atoms with E-state index >= 15 is 0 Å². The van der Waals surface area contributed by atoms with Gasteiger partial charge in [-0.05, 0) is 37.8 Å². The van der Waals surface area contributed by atoms with Crippen LogP contribution in [0.15, 0.2) is 24.3 Å². The number of nitrogens with one attached hydrogen (secondary N) is 1. The fourth-order valence-electron chi connectivity index (χ4n) is 2.45. The van der Waals surface area contributed by atoms with E-state index in [4.69, 9.17) is 0 Å². The van der Waals surface area contributed by atoms with Gasteiger partial charge in [0.2, 0.25) is 5.13 Å². The highest BCUT2D eigenvalue weighted by Crippen LogP contribution is 2.33. The maximum absolute atomic E-state index is 4.61. The molecule has 4 heteroatoms. The third kappa shape index (κ3) is 2.25. The van der Waals surface area contributed by atoms with Gasteiger partial charge in [0, 0.05) is 23.5 Å². The molecule has 0 bridgehead atoms. The Balaban J connectivity index is 1.76. The Hall–Kier alpha value is -1.42. The predicted octanol–water partition coefficient (Wildman–Crippen LogP) is 3.24. The topological polar surface area (TPSA) is 37.8 Å². The van der Waals surface area contributed by atoms with E-state index in [0.717, 1.165) is 23.8 Å². The van der Waals surface area contributed by atoms with Crippen LogP contribution in [-0.4, -0.2) is 15.4 Å². The second-order valence-corrected chi connectivity index (χ2v) is 5.88. The molecule has 0 fully saturated rings. The molecule has 1 aromatic carbocycles. The van der Waals surface area contributed by atoms with Crippen molar-refractivity contribution in [2.45, 2.75) is 38.6 Å². The molecule has 94 valence electrons. The lowest BCUT2D eigenvalue weighted by Crippen LogP contribution is -2.09. The Kier molecular flexibility index (Phi) is 3.04. The Morgan fingerprint density at radius 2 is 1.89 bits per heavy atom. The van der Waals surface area contributed by atoms with Gasteiger partial charge in [-0.25, -0.2) is 4.98 Å². The number of nitrogens with zero attached hydrogens (tertiary/aromatic N) is 2. The molecule has 0 saturated carbocycles. The maximum atomic E-state index is 4.61. The summed E-state index contributed by atoms with van der Waals surface area (Å²) >= 11 is 1.47. The number of benzene rings is 1. The highest BCUT2D eigenvalue weighted by Gasteiger charge is 2.25. The standard InChI is InChI=1S/C14H17N3S/c1-9(2)15-14-16-13(17-18-14)12-7-10-5-3-4-6-11(10)8-12/h3-6,9,12H,7-8H2,1-2H3,(H,15,16,17). The molecule has 0 unspecified atom stereocenters. The van der Waals surface area contributed by atoms with E-state index in [1.54, 1.807) is 0 Å². The van der Waals surface area contributed by atoms with E-state index in [9.17, 15) is 0 Å². The monoisotopic (exact) mass is 259 g/mol. The number of hydrogen-bond acceptors (Lipinski definition) is 4. The van der Waals surface area contributed by atoms with Crippen LogP contribution in [0, 0.1) is 0 Å². The quantitative estimate of drug-likeness (QED) is 0.919. The third-order valence-electron chi connectivity index (χ3n) is 3.27. The molecule has 0 amide bonds. The molecule has 0 aliphatic heterocycles. The first-order chi connectivity index (χ1) is 8.72. The minimum absolute atomic E-state index is 0.409. The summed E-state index contributed by atoms with van der Waals surface area (Å²) in [6, 6.07) is 9.07. The number of aromatic nitrogens is 2. The normalized spacial score (nSPS) is 15.1. The van der Waals surface area contributed by atoms with Crippen molar-refractivity contribution < 1.29 is 0 Å². The lowest BCUT2D eigenvalue weighted by molar-refractivity contribution is 0.696. The largest absolute Gasteiger partial charge is 0.358 e. The summed E-state index contributed by atoms with van der Waals surface area (Å²) in [5.41, 5.74) is 2.91. The van der Waals surface area contributed by atoms with Crippen molar-refractivity contribution in [2.75, 3.05) is 5.32 Å². The van der Waals surface area contributed by atoms with E-state index < -0.39 is 0 Å². The molecule has 1 aliphatic rings. The number of anilines is 1. The Morgan fingerprint density at radius 3 is 2.50 bits per heavy atom. The maximum Gasteiger partial charge on any atom is 0.202 e. The average Bonchev–Trinajstić information content (AvgIpc) is 2.93. The van der Waals surface area contributed by atoms with Crippen molar-refractivity contribution in [3.63, 3.8) is 0 Å².